The van der Waals surface area contributed by atoms with E-state index in [4.69, 9.17) is 10.5 Å². The van der Waals surface area contributed by atoms with E-state index in [0.29, 0.717) is 12.5 Å². The zero-order valence-electron chi connectivity index (χ0n) is 11.9. The molecule has 0 aromatic rings. The SMILES string of the molecule is NC1CCCCCC1NC(=O)CCC1CCCCO1. The second-order valence-electron chi connectivity index (χ2n) is 6.00. The number of carbonyl (C=O) groups excluding carboxylic acids is 1. The maximum absolute atomic E-state index is 12.0. The maximum atomic E-state index is 12.0. The van der Waals surface area contributed by atoms with Crippen LogP contribution in [0.2, 0.25) is 0 Å². The van der Waals surface area contributed by atoms with Crippen molar-refractivity contribution in [2.24, 2.45) is 5.73 Å². The fraction of sp³-hybridized carbons (Fsp3) is 0.933. The third-order valence-electron chi connectivity index (χ3n) is 4.38. The molecule has 1 saturated heterocycles. The molecule has 3 atom stereocenters. The van der Waals surface area contributed by atoms with E-state index in [0.717, 1.165) is 32.3 Å². The van der Waals surface area contributed by atoms with Gasteiger partial charge in [0.2, 0.25) is 5.91 Å². The van der Waals surface area contributed by atoms with Gasteiger partial charge in [-0.3, -0.25) is 4.79 Å². The van der Waals surface area contributed by atoms with Crippen molar-refractivity contribution in [3.05, 3.63) is 0 Å². The minimum absolute atomic E-state index is 0.136. The zero-order chi connectivity index (χ0) is 13.5. The Bertz CT molecular complexity index is 277. The molecule has 2 fully saturated rings. The molecule has 2 aliphatic rings. The number of carbonyl (C=O) groups is 1. The minimum atomic E-state index is 0.136. The van der Waals surface area contributed by atoms with Crippen molar-refractivity contribution in [1.29, 1.82) is 0 Å². The Balaban J connectivity index is 1.67. The van der Waals surface area contributed by atoms with Crippen LogP contribution in [-0.4, -0.2) is 30.7 Å². The molecule has 1 amide bonds. The van der Waals surface area contributed by atoms with Crippen molar-refractivity contribution in [3.8, 4) is 0 Å². The van der Waals surface area contributed by atoms with Crippen molar-refractivity contribution in [3.63, 3.8) is 0 Å². The largest absolute Gasteiger partial charge is 0.378 e. The zero-order valence-corrected chi connectivity index (χ0v) is 11.9. The van der Waals surface area contributed by atoms with Crippen molar-refractivity contribution >= 4 is 5.91 Å². The van der Waals surface area contributed by atoms with Gasteiger partial charge in [0.1, 0.15) is 0 Å². The fourth-order valence-electron chi connectivity index (χ4n) is 3.12. The van der Waals surface area contributed by atoms with E-state index < -0.39 is 0 Å². The van der Waals surface area contributed by atoms with Gasteiger partial charge in [-0.05, 0) is 38.5 Å². The third-order valence-corrected chi connectivity index (χ3v) is 4.38. The quantitative estimate of drug-likeness (QED) is 0.768. The van der Waals surface area contributed by atoms with Gasteiger partial charge in [0.25, 0.3) is 0 Å². The monoisotopic (exact) mass is 268 g/mol. The number of hydrogen-bond acceptors (Lipinski definition) is 3. The van der Waals surface area contributed by atoms with Gasteiger partial charge in [0.05, 0.1) is 6.10 Å². The topological polar surface area (TPSA) is 64.3 Å². The standard InChI is InChI=1S/C15H28N2O2/c16-13-7-2-1-3-8-14(13)17-15(18)10-9-12-6-4-5-11-19-12/h12-14H,1-11,16H2,(H,17,18). The highest BCUT2D eigenvalue weighted by molar-refractivity contribution is 5.76. The molecule has 1 aliphatic heterocycles. The van der Waals surface area contributed by atoms with Gasteiger partial charge in [-0.15, -0.1) is 0 Å². The average Bonchev–Trinajstić information content (AvgIpc) is 2.63. The predicted molar refractivity (Wildman–Crippen MR) is 75.8 cm³/mol. The first-order valence-electron chi connectivity index (χ1n) is 7.92. The number of nitrogens with two attached hydrogens (primary N) is 1. The number of ether oxygens (including phenoxy) is 1. The van der Waals surface area contributed by atoms with Crippen LogP contribution in [-0.2, 0) is 9.53 Å². The van der Waals surface area contributed by atoms with E-state index in [1.54, 1.807) is 0 Å². The summed E-state index contributed by atoms with van der Waals surface area (Å²) in [5, 5.41) is 3.13. The number of rotatable bonds is 4. The highest BCUT2D eigenvalue weighted by Crippen LogP contribution is 2.18. The Morgan fingerprint density at radius 3 is 2.68 bits per heavy atom. The summed E-state index contributed by atoms with van der Waals surface area (Å²) in [6.07, 6.45) is 10.9. The molecular weight excluding hydrogens is 240 g/mol. The van der Waals surface area contributed by atoms with Crippen LogP contribution in [0.1, 0.15) is 64.2 Å². The minimum Gasteiger partial charge on any atom is -0.378 e. The summed E-state index contributed by atoms with van der Waals surface area (Å²) in [5.74, 6) is 0.150. The Hall–Kier alpha value is -0.610. The highest BCUT2D eigenvalue weighted by atomic mass is 16.5. The van der Waals surface area contributed by atoms with Crippen molar-refractivity contribution in [2.75, 3.05) is 6.61 Å². The molecule has 2 rings (SSSR count). The van der Waals surface area contributed by atoms with Gasteiger partial charge in [-0.1, -0.05) is 19.3 Å². The first-order valence-corrected chi connectivity index (χ1v) is 7.92. The molecular formula is C15H28N2O2. The van der Waals surface area contributed by atoms with Crippen molar-refractivity contribution in [2.45, 2.75) is 82.4 Å². The lowest BCUT2D eigenvalue weighted by molar-refractivity contribution is -0.123. The molecule has 1 saturated carbocycles. The van der Waals surface area contributed by atoms with Crippen molar-refractivity contribution < 1.29 is 9.53 Å². The van der Waals surface area contributed by atoms with E-state index >= 15 is 0 Å². The van der Waals surface area contributed by atoms with E-state index in [1.165, 1.54) is 32.1 Å². The lowest BCUT2D eigenvalue weighted by Gasteiger charge is -2.24. The molecule has 0 aromatic carbocycles. The lowest BCUT2D eigenvalue weighted by atomic mass is 10.0. The smallest absolute Gasteiger partial charge is 0.220 e. The van der Waals surface area contributed by atoms with Crippen LogP contribution >= 0.6 is 0 Å². The van der Waals surface area contributed by atoms with E-state index in [-0.39, 0.29) is 18.0 Å². The normalized spacial score (nSPS) is 32.6. The van der Waals surface area contributed by atoms with Crippen LogP contribution in [0.3, 0.4) is 0 Å². The highest BCUT2D eigenvalue weighted by Gasteiger charge is 2.22. The molecule has 0 bridgehead atoms. The number of hydrogen-bond donors (Lipinski definition) is 2. The van der Waals surface area contributed by atoms with Crippen LogP contribution < -0.4 is 11.1 Å². The van der Waals surface area contributed by atoms with E-state index in [1.807, 2.05) is 0 Å². The van der Waals surface area contributed by atoms with Gasteiger partial charge in [0, 0.05) is 25.1 Å². The summed E-state index contributed by atoms with van der Waals surface area (Å²) in [6, 6.07) is 0.319. The van der Waals surface area contributed by atoms with Crippen LogP contribution in [0.25, 0.3) is 0 Å². The molecule has 4 nitrogen and oxygen atoms in total. The summed E-state index contributed by atoms with van der Waals surface area (Å²) in [6.45, 7) is 0.861. The molecule has 0 radical (unpaired) electrons. The van der Waals surface area contributed by atoms with Gasteiger partial charge in [-0.25, -0.2) is 0 Å². The molecule has 19 heavy (non-hydrogen) atoms. The Labute approximate surface area is 116 Å². The number of nitrogens with one attached hydrogen (secondary N) is 1. The first kappa shape index (κ1) is 14.8. The molecule has 3 N–H and O–H groups in total. The second kappa shape index (κ2) is 7.85. The van der Waals surface area contributed by atoms with Crippen LogP contribution in [0.15, 0.2) is 0 Å². The third kappa shape index (κ3) is 5.11. The van der Waals surface area contributed by atoms with Gasteiger partial charge in [0.15, 0.2) is 0 Å². The molecule has 4 heteroatoms. The molecule has 1 heterocycles. The number of amides is 1. The molecule has 0 spiro atoms. The average molecular weight is 268 g/mol. The van der Waals surface area contributed by atoms with Gasteiger partial charge in [-0.2, -0.15) is 0 Å². The summed E-state index contributed by atoms with van der Waals surface area (Å²) < 4.78 is 5.65. The summed E-state index contributed by atoms with van der Waals surface area (Å²) >= 11 is 0. The van der Waals surface area contributed by atoms with Crippen molar-refractivity contribution in [1.82, 2.24) is 5.32 Å². The van der Waals surface area contributed by atoms with E-state index in [2.05, 4.69) is 5.32 Å². The Morgan fingerprint density at radius 2 is 1.89 bits per heavy atom. The molecule has 3 unspecified atom stereocenters. The Morgan fingerprint density at radius 1 is 1.11 bits per heavy atom. The van der Waals surface area contributed by atoms with Gasteiger partial charge < -0.3 is 15.8 Å². The molecule has 0 aromatic heterocycles. The molecule has 1 aliphatic carbocycles. The van der Waals surface area contributed by atoms with E-state index in [9.17, 15) is 4.79 Å². The van der Waals surface area contributed by atoms with Crippen LogP contribution in [0.5, 0.6) is 0 Å². The Kier molecular flexibility index (Phi) is 6.11. The van der Waals surface area contributed by atoms with Gasteiger partial charge >= 0.3 is 0 Å². The summed E-state index contributed by atoms with van der Waals surface area (Å²) in [4.78, 5) is 12.0. The second-order valence-corrected chi connectivity index (χ2v) is 6.00. The summed E-state index contributed by atoms with van der Waals surface area (Å²) in [5.41, 5.74) is 6.13. The van der Waals surface area contributed by atoms with Crippen LogP contribution in [0, 0.1) is 0 Å². The maximum Gasteiger partial charge on any atom is 0.220 e. The fourth-order valence-corrected chi connectivity index (χ4v) is 3.12. The predicted octanol–water partition coefficient (Wildman–Crippen LogP) is 2.11. The lowest BCUT2D eigenvalue weighted by Crippen LogP contribution is -2.47. The molecule has 110 valence electrons. The first-order chi connectivity index (χ1) is 9.25. The van der Waals surface area contributed by atoms with Crippen LogP contribution in [0.4, 0.5) is 0 Å². The summed E-state index contributed by atoms with van der Waals surface area (Å²) in [7, 11) is 0.